The SMILES string of the molecule is O=C1Cc2ccccc2N1C1CNC1. The summed E-state index contributed by atoms with van der Waals surface area (Å²) in [5.41, 5.74) is 2.29. The first-order chi connectivity index (χ1) is 6.86. The van der Waals surface area contributed by atoms with E-state index in [4.69, 9.17) is 0 Å². The first-order valence-electron chi connectivity index (χ1n) is 4.97. The number of para-hydroxylation sites is 1. The fourth-order valence-electron chi connectivity index (χ4n) is 2.13. The molecule has 1 fully saturated rings. The molecule has 72 valence electrons. The molecule has 1 N–H and O–H groups in total. The van der Waals surface area contributed by atoms with Crippen LogP contribution in [0.4, 0.5) is 5.69 Å². The third-order valence-corrected chi connectivity index (χ3v) is 2.99. The highest BCUT2D eigenvalue weighted by molar-refractivity contribution is 6.02. The molecule has 0 bridgehead atoms. The van der Waals surface area contributed by atoms with Gasteiger partial charge in [0, 0.05) is 18.8 Å². The van der Waals surface area contributed by atoms with Crippen molar-refractivity contribution in [1.29, 1.82) is 0 Å². The summed E-state index contributed by atoms with van der Waals surface area (Å²) in [6.45, 7) is 1.86. The van der Waals surface area contributed by atoms with E-state index in [1.165, 1.54) is 5.56 Å². The first-order valence-corrected chi connectivity index (χ1v) is 4.97. The Bertz CT molecular complexity index is 385. The van der Waals surface area contributed by atoms with Gasteiger partial charge in [0.2, 0.25) is 5.91 Å². The molecular weight excluding hydrogens is 176 g/mol. The maximum atomic E-state index is 11.8. The van der Waals surface area contributed by atoms with Gasteiger partial charge in [-0.05, 0) is 11.6 Å². The van der Waals surface area contributed by atoms with Gasteiger partial charge in [-0.25, -0.2) is 0 Å². The molecule has 2 heterocycles. The van der Waals surface area contributed by atoms with Crippen molar-refractivity contribution in [3.63, 3.8) is 0 Å². The van der Waals surface area contributed by atoms with Crippen molar-refractivity contribution >= 4 is 11.6 Å². The summed E-state index contributed by atoms with van der Waals surface area (Å²) in [5, 5.41) is 3.20. The van der Waals surface area contributed by atoms with Gasteiger partial charge in [-0.1, -0.05) is 18.2 Å². The Morgan fingerprint density at radius 1 is 1.29 bits per heavy atom. The van der Waals surface area contributed by atoms with Gasteiger partial charge in [-0.2, -0.15) is 0 Å². The largest absolute Gasteiger partial charge is 0.313 e. The van der Waals surface area contributed by atoms with Gasteiger partial charge < -0.3 is 10.2 Å². The number of hydrogen-bond acceptors (Lipinski definition) is 2. The number of hydrogen-bond donors (Lipinski definition) is 1. The lowest BCUT2D eigenvalue weighted by molar-refractivity contribution is -0.118. The van der Waals surface area contributed by atoms with Crippen molar-refractivity contribution in [3.05, 3.63) is 29.8 Å². The molecule has 1 aromatic carbocycles. The number of nitrogens with one attached hydrogen (secondary N) is 1. The van der Waals surface area contributed by atoms with E-state index in [0.717, 1.165) is 18.8 Å². The minimum absolute atomic E-state index is 0.248. The van der Waals surface area contributed by atoms with Crippen molar-refractivity contribution < 1.29 is 4.79 Å². The minimum Gasteiger partial charge on any atom is -0.313 e. The number of carbonyl (C=O) groups excluding carboxylic acids is 1. The third kappa shape index (κ3) is 0.990. The Kier molecular flexibility index (Phi) is 1.61. The number of nitrogens with zero attached hydrogens (tertiary/aromatic N) is 1. The summed E-state index contributed by atoms with van der Waals surface area (Å²) >= 11 is 0. The van der Waals surface area contributed by atoms with Crippen LogP contribution in [0, 0.1) is 0 Å². The fraction of sp³-hybridized carbons (Fsp3) is 0.364. The lowest BCUT2D eigenvalue weighted by Gasteiger charge is -2.35. The number of fused-ring (bicyclic) bond motifs is 1. The second-order valence-corrected chi connectivity index (χ2v) is 3.88. The van der Waals surface area contributed by atoms with Gasteiger partial charge >= 0.3 is 0 Å². The quantitative estimate of drug-likeness (QED) is 0.698. The van der Waals surface area contributed by atoms with Crippen LogP contribution in [-0.4, -0.2) is 25.0 Å². The normalized spacial score (nSPS) is 20.9. The number of carbonyl (C=O) groups is 1. The zero-order valence-electron chi connectivity index (χ0n) is 7.86. The van der Waals surface area contributed by atoms with E-state index in [2.05, 4.69) is 5.32 Å². The average Bonchev–Trinajstić information content (AvgIpc) is 2.41. The molecule has 3 rings (SSSR count). The van der Waals surface area contributed by atoms with Crippen LogP contribution in [0.1, 0.15) is 5.56 Å². The lowest BCUT2D eigenvalue weighted by Crippen LogP contribution is -2.58. The molecule has 0 unspecified atom stereocenters. The molecule has 1 amide bonds. The standard InChI is InChI=1S/C11H12N2O/c14-11-5-8-3-1-2-4-10(8)13(11)9-6-12-7-9/h1-4,9,12H,5-7H2. The predicted molar refractivity (Wildman–Crippen MR) is 54.3 cm³/mol. The van der Waals surface area contributed by atoms with Crippen molar-refractivity contribution in [2.24, 2.45) is 0 Å². The van der Waals surface area contributed by atoms with Crippen molar-refractivity contribution in [1.82, 2.24) is 5.32 Å². The Morgan fingerprint density at radius 2 is 2.07 bits per heavy atom. The van der Waals surface area contributed by atoms with Crippen LogP contribution in [0.3, 0.4) is 0 Å². The summed E-state index contributed by atoms with van der Waals surface area (Å²) in [5.74, 6) is 0.248. The first kappa shape index (κ1) is 8.00. The summed E-state index contributed by atoms with van der Waals surface area (Å²) in [6, 6.07) is 8.45. The van der Waals surface area contributed by atoms with E-state index in [9.17, 15) is 4.79 Å². The molecule has 0 aliphatic carbocycles. The minimum atomic E-state index is 0.248. The predicted octanol–water partition coefficient (Wildman–Crippen LogP) is 0.548. The molecule has 1 aromatic rings. The van der Waals surface area contributed by atoms with Gasteiger partial charge in [0.15, 0.2) is 0 Å². The molecule has 0 saturated carbocycles. The lowest BCUT2D eigenvalue weighted by atomic mass is 10.1. The molecule has 3 heteroatoms. The van der Waals surface area contributed by atoms with Gasteiger partial charge in [-0.3, -0.25) is 4.79 Å². The van der Waals surface area contributed by atoms with E-state index >= 15 is 0 Å². The second kappa shape index (κ2) is 2.82. The van der Waals surface area contributed by atoms with Crippen LogP contribution < -0.4 is 10.2 Å². The number of amides is 1. The Hall–Kier alpha value is -1.35. The third-order valence-electron chi connectivity index (χ3n) is 2.99. The van der Waals surface area contributed by atoms with Gasteiger partial charge in [0.05, 0.1) is 12.5 Å². The van der Waals surface area contributed by atoms with Crippen LogP contribution in [-0.2, 0) is 11.2 Å². The van der Waals surface area contributed by atoms with Crippen LogP contribution in [0.15, 0.2) is 24.3 Å². The molecule has 1 saturated heterocycles. The van der Waals surface area contributed by atoms with E-state index in [1.807, 2.05) is 29.2 Å². The molecule has 0 aromatic heterocycles. The molecule has 0 spiro atoms. The topological polar surface area (TPSA) is 32.3 Å². The van der Waals surface area contributed by atoms with E-state index in [1.54, 1.807) is 0 Å². The van der Waals surface area contributed by atoms with Crippen molar-refractivity contribution in [2.75, 3.05) is 18.0 Å². The molecule has 14 heavy (non-hydrogen) atoms. The smallest absolute Gasteiger partial charge is 0.231 e. The van der Waals surface area contributed by atoms with Crippen LogP contribution in [0.5, 0.6) is 0 Å². The van der Waals surface area contributed by atoms with Crippen molar-refractivity contribution in [2.45, 2.75) is 12.5 Å². The Morgan fingerprint density at radius 3 is 2.79 bits per heavy atom. The summed E-state index contributed by atoms with van der Waals surface area (Å²) in [4.78, 5) is 13.7. The number of benzene rings is 1. The number of anilines is 1. The summed E-state index contributed by atoms with van der Waals surface area (Å²) in [6.07, 6.45) is 0.576. The monoisotopic (exact) mass is 188 g/mol. The summed E-state index contributed by atoms with van der Waals surface area (Å²) < 4.78 is 0. The number of rotatable bonds is 1. The average molecular weight is 188 g/mol. The highest BCUT2D eigenvalue weighted by atomic mass is 16.2. The molecule has 2 aliphatic heterocycles. The van der Waals surface area contributed by atoms with E-state index in [0.29, 0.717) is 12.5 Å². The van der Waals surface area contributed by atoms with E-state index < -0.39 is 0 Å². The zero-order valence-corrected chi connectivity index (χ0v) is 7.86. The molecule has 3 nitrogen and oxygen atoms in total. The maximum absolute atomic E-state index is 11.8. The highest BCUT2D eigenvalue weighted by Crippen LogP contribution is 2.30. The molecule has 0 atom stereocenters. The molecule has 2 aliphatic rings. The molecule has 0 radical (unpaired) electrons. The second-order valence-electron chi connectivity index (χ2n) is 3.88. The zero-order chi connectivity index (χ0) is 9.54. The van der Waals surface area contributed by atoms with Crippen LogP contribution in [0.2, 0.25) is 0 Å². The Labute approximate surface area is 82.7 Å². The summed E-state index contributed by atoms with van der Waals surface area (Å²) in [7, 11) is 0. The van der Waals surface area contributed by atoms with Gasteiger partial charge in [0.25, 0.3) is 0 Å². The van der Waals surface area contributed by atoms with Crippen molar-refractivity contribution in [3.8, 4) is 0 Å². The van der Waals surface area contributed by atoms with E-state index in [-0.39, 0.29) is 5.91 Å². The molecular formula is C11H12N2O. The van der Waals surface area contributed by atoms with Crippen LogP contribution in [0.25, 0.3) is 0 Å². The highest BCUT2D eigenvalue weighted by Gasteiger charge is 2.35. The maximum Gasteiger partial charge on any atom is 0.231 e. The fourth-order valence-corrected chi connectivity index (χ4v) is 2.13. The van der Waals surface area contributed by atoms with Gasteiger partial charge in [-0.15, -0.1) is 0 Å². The van der Waals surface area contributed by atoms with Gasteiger partial charge in [0.1, 0.15) is 0 Å². The van der Waals surface area contributed by atoms with Crippen LogP contribution >= 0.6 is 0 Å². The Balaban J connectivity index is 2.01.